The summed E-state index contributed by atoms with van der Waals surface area (Å²) in [7, 11) is 1.54. The lowest BCUT2D eigenvalue weighted by Gasteiger charge is -2.09. The highest BCUT2D eigenvalue weighted by Crippen LogP contribution is 2.26. The molecule has 1 aromatic carbocycles. The minimum absolute atomic E-state index is 0.151. The van der Waals surface area contributed by atoms with Gasteiger partial charge in [-0.3, -0.25) is 4.98 Å². The standard InChI is InChI=1S/C14H16N2O2/c1-10-5-12(9-15-7-10)16-8-11-3-4-13(17)14(6-11)18-2/h3-7,9,16-17H,8H2,1-2H3. The number of rotatable bonds is 4. The molecule has 4 heteroatoms. The van der Waals surface area contributed by atoms with Crippen LogP contribution in [0.25, 0.3) is 0 Å². The Morgan fingerprint density at radius 2 is 2.11 bits per heavy atom. The number of hydrogen-bond acceptors (Lipinski definition) is 4. The molecule has 0 atom stereocenters. The van der Waals surface area contributed by atoms with E-state index < -0.39 is 0 Å². The molecule has 0 fully saturated rings. The number of aromatic nitrogens is 1. The molecular weight excluding hydrogens is 228 g/mol. The molecule has 0 unspecified atom stereocenters. The number of hydrogen-bond donors (Lipinski definition) is 2. The smallest absolute Gasteiger partial charge is 0.160 e. The van der Waals surface area contributed by atoms with Crippen molar-refractivity contribution in [1.82, 2.24) is 4.98 Å². The molecule has 0 radical (unpaired) electrons. The lowest BCUT2D eigenvalue weighted by Crippen LogP contribution is -2.00. The summed E-state index contributed by atoms with van der Waals surface area (Å²) in [6.45, 7) is 2.66. The van der Waals surface area contributed by atoms with Gasteiger partial charge < -0.3 is 15.2 Å². The largest absolute Gasteiger partial charge is 0.504 e. The number of aryl methyl sites for hydroxylation is 1. The molecule has 18 heavy (non-hydrogen) atoms. The van der Waals surface area contributed by atoms with E-state index in [1.807, 2.05) is 31.3 Å². The van der Waals surface area contributed by atoms with Gasteiger partial charge in [-0.1, -0.05) is 6.07 Å². The Kier molecular flexibility index (Phi) is 3.67. The van der Waals surface area contributed by atoms with Crippen LogP contribution in [0.5, 0.6) is 11.5 Å². The zero-order chi connectivity index (χ0) is 13.0. The fourth-order valence-corrected chi connectivity index (χ4v) is 1.69. The number of nitrogens with one attached hydrogen (secondary N) is 1. The van der Waals surface area contributed by atoms with Crippen molar-refractivity contribution in [3.05, 3.63) is 47.8 Å². The van der Waals surface area contributed by atoms with Crippen molar-refractivity contribution in [1.29, 1.82) is 0 Å². The lowest BCUT2D eigenvalue weighted by molar-refractivity contribution is 0.373. The van der Waals surface area contributed by atoms with E-state index in [-0.39, 0.29) is 5.75 Å². The van der Waals surface area contributed by atoms with Crippen molar-refractivity contribution < 1.29 is 9.84 Å². The molecule has 0 saturated carbocycles. The minimum Gasteiger partial charge on any atom is -0.504 e. The number of ether oxygens (including phenoxy) is 1. The predicted octanol–water partition coefficient (Wildman–Crippen LogP) is 2.72. The quantitative estimate of drug-likeness (QED) is 0.868. The Morgan fingerprint density at radius 3 is 2.83 bits per heavy atom. The molecule has 1 heterocycles. The van der Waals surface area contributed by atoms with E-state index in [0.29, 0.717) is 12.3 Å². The van der Waals surface area contributed by atoms with Crippen LogP contribution >= 0.6 is 0 Å². The van der Waals surface area contributed by atoms with Crippen molar-refractivity contribution in [2.75, 3.05) is 12.4 Å². The van der Waals surface area contributed by atoms with E-state index in [4.69, 9.17) is 4.74 Å². The molecule has 0 bridgehead atoms. The van der Waals surface area contributed by atoms with Crippen LogP contribution in [0, 0.1) is 6.92 Å². The Bertz CT molecular complexity index is 541. The molecule has 0 aliphatic heterocycles. The highest BCUT2D eigenvalue weighted by Gasteiger charge is 2.02. The highest BCUT2D eigenvalue weighted by molar-refractivity contribution is 5.46. The average Bonchev–Trinajstić information content (AvgIpc) is 2.38. The number of phenols is 1. The number of aromatic hydroxyl groups is 1. The first-order valence-corrected chi connectivity index (χ1v) is 5.70. The van der Waals surface area contributed by atoms with Crippen LogP contribution in [0.1, 0.15) is 11.1 Å². The van der Waals surface area contributed by atoms with Gasteiger partial charge in [0.1, 0.15) is 0 Å². The van der Waals surface area contributed by atoms with Crippen molar-refractivity contribution in [3.63, 3.8) is 0 Å². The van der Waals surface area contributed by atoms with E-state index in [1.165, 1.54) is 7.11 Å². The normalized spacial score (nSPS) is 10.1. The molecule has 0 saturated heterocycles. The van der Waals surface area contributed by atoms with Gasteiger partial charge in [-0.15, -0.1) is 0 Å². The third-order valence-electron chi connectivity index (χ3n) is 2.62. The van der Waals surface area contributed by atoms with Crippen molar-refractivity contribution in [3.8, 4) is 11.5 Å². The zero-order valence-electron chi connectivity index (χ0n) is 10.5. The Labute approximate surface area is 106 Å². The first-order valence-electron chi connectivity index (χ1n) is 5.70. The number of phenolic OH excluding ortho intramolecular Hbond substituents is 1. The predicted molar refractivity (Wildman–Crippen MR) is 71.0 cm³/mol. The molecule has 0 aliphatic rings. The third kappa shape index (κ3) is 2.91. The molecule has 1 aromatic heterocycles. The monoisotopic (exact) mass is 244 g/mol. The number of anilines is 1. The molecule has 0 amide bonds. The van der Waals surface area contributed by atoms with Crippen LogP contribution < -0.4 is 10.1 Å². The van der Waals surface area contributed by atoms with Crippen molar-refractivity contribution >= 4 is 5.69 Å². The molecule has 4 nitrogen and oxygen atoms in total. The van der Waals surface area contributed by atoms with Gasteiger partial charge in [-0.2, -0.15) is 0 Å². The maximum Gasteiger partial charge on any atom is 0.160 e. The Morgan fingerprint density at radius 1 is 1.28 bits per heavy atom. The molecule has 94 valence electrons. The summed E-state index contributed by atoms with van der Waals surface area (Å²) in [5.74, 6) is 0.634. The summed E-state index contributed by atoms with van der Waals surface area (Å²) in [6.07, 6.45) is 3.60. The van der Waals surface area contributed by atoms with Gasteiger partial charge in [-0.25, -0.2) is 0 Å². The van der Waals surface area contributed by atoms with Crippen LogP contribution in [-0.4, -0.2) is 17.2 Å². The van der Waals surface area contributed by atoms with E-state index in [9.17, 15) is 5.11 Å². The fraction of sp³-hybridized carbons (Fsp3) is 0.214. The number of pyridine rings is 1. The van der Waals surface area contributed by atoms with Gasteiger partial charge in [0.25, 0.3) is 0 Å². The van der Waals surface area contributed by atoms with Crippen LogP contribution in [0.15, 0.2) is 36.7 Å². The molecule has 2 rings (SSSR count). The summed E-state index contributed by atoms with van der Waals surface area (Å²) in [4.78, 5) is 4.12. The van der Waals surface area contributed by atoms with Crippen LogP contribution in [0.4, 0.5) is 5.69 Å². The van der Waals surface area contributed by atoms with Crippen LogP contribution in [-0.2, 0) is 6.54 Å². The topological polar surface area (TPSA) is 54.4 Å². The zero-order valence-corrected chi connectivity index (χ0v) is 10.5. The van der Waals surface area contributed by atoms with Crippen LogP contribution in [0.3, 0.4) is 0 Å². The SMILES string of the molecule is COc1cc(CNc2cncc(C)c2)ccc1O. The second kappa shape index (κ2) is 5.40. The van der Waals surface area contributed by atoms with Crippen LogP contribution in [0.2, 0.25) is 0 Å². The first kappa shape index (κ1) is 12.2. The summed E-state index contributed by atoms with van der Waals surface area (Å²) in [5, 5.41) is 12.8. The second-order valence-electron chi connectivity index (χ2n) is 4.11. The van der Waals surface area contributed by atoms with Gasteiger partial charge in [-0.05, 0) is 36.2 Å². The number of nitrogens with zero attached hydrogens (tertiary/aromatic N) is 1. The fourth-order valence-electron chi connectivity index (χ4n) is 1.69. The highest BCUT2D eigenvalue weighted by atomic mass is 16.5. The molecule has 2 aromatic rings. The van der Waals surface area contributed by atoms with Crippen molar-refractivity contribution in [2.24, 2.45) is 0 Å². The molecular formula is C14H16N2O2. The summed E-state index contributed by atoms with van der Waals surface area (Å²) in [6, 6.07) is 7.33. The number of benzene rings is 1. The third-order valence-corrected chi connectivity index (χ3v) is 2.62. The molecule has 0 aliphatic carbocycles. The van der Waals surface area contributed by atoms with Gasteiger partial charge in [0.15, 0.2) is 11.5 Å². The van der Waals surface area contributed by atoms with Crippen molar-refractivity contribution in [2.45, 2.75) is 13.5 Å². The van der Waals surface area contributed by atoms with Gasteiger partial charge in [0.05, 0.1) is 12.8 Å². The Balaban J connectivity index is 2.06. The summed E-state index contributed by atoms with van der Waals surface area (Å²) < 4.78 is 5.07. The minimum atomic E-state index is 0.151. The van der Waals surface area contributed by atoms with E-state index >= 15 is 0 Å². The van der Waals surface area contributed by atoms with E-state index in [2.05, 4.69) is 10.3 Å². The summed E-state index contributed by atoms with van der Waals surface area (Å²) in [5.41, 5.74) is 3.12. The summed E-state index contributed by atoms with van der Waals surface area (Å²) >= 11 is 0. The van der Waals surface area contributed by atoms with Gasteiger partial charge >= 0.3 is 0 Å². The maximum atomic E-state index is 9.50. The van der Waals surface area contributed by atoms with Gasteiger partial charge in [0, 0.05) is 18.9 Å². The number of methoxy groups -OCH3 is 1. The first-order chi connectivity index (χ1) is 8.69. The molecule has 2 N–H and O–H groups in total. The molecule has 0 spiro atoms. The second-order valence-corrected chi connectivity index (χ2v) is 4.11. The Hall–Kier alpha value is -2.23. The van der Waals surface area contributed by atoms with E-state index in [0.717, 1.165) is 16.8 Å². The maximum absolute atomic E-state index is 9.50. The lowest BCUT2D eigenvalue weighted by atomic mass is 10.2. The van der Waals surface area contributed by atoms with Gasteiger partial charge in [0.2, 0.25) is 0 Å². The average molecular weight is 244 g/mol. The van der Waals surface area contributed by atoms with E-state index in [1.54, 1.807) is 12.3 Å².